The average Bonchev–Trinajstić information content (AvgIpc) is 3.00. The number of anilines is 1. The monoisotopic (exact) mass is 386 g/mol. The topological polar surface area (TPSA) is 78.8 Å². The summed E-state index contributed by atoms with van der Waals surface area (Å²) >= 11 is 0. The van der Waals surface area contributed by atoms with Crippen LogP contribution in [0.1, 0.15) is 0 Å². The third kappa shape index (κ3) is 3.40. The van der Waals surface area contributed by atoms with Gasteiger partial charge in [0, 0.05) is 43.2 Å². The summed E-state index contributed by atoms with van der Waals surface area (Å²) in [4.78, 5) is 13.5. The maximum absolute atomic E-state index is 14.5. The predicted octanol–water partition coefficient (Wildman–Crippen LogP) is 2.18. The summed E-state index contributed by atoms with van der Waals surface area (Å²) < 4.78 is 29.7. The quantitative estimate of drug-likeness (QED) is 0.719. The van der Waals surface area contributed by atoms with Crippen LogP contribution in [0.5, 0.6) is 0 Å². The summed E-state index contributed by atoms with van der Waals surface area (Å²) in [6.45, 7) is 2.25. The molecule has 3 heterocycles. The molecule has 1 aliphatic rings. The fourth-order valence-corrected chi connectivity index (χ4v) is 3.56. The fourth-order valence-electron chi connectivity index (χ4n) is 3.56. The highest BCUT2D eigenvalue weighted by Crippen LogP contribution is 2.39. The summed E-state index contributed by atoms with van der Waals surface area (Å²) in [7, 11) is 4.02. The van der Waals surface area contributed by atoms with Crippen LogP contribution in [0, 0.1) is 17.6 Å². The van der Waals surface area contributed by atoms with Crippen LogP contribution in [0.25, 0.3) is 22.5 Å². The molecule has 1 aliphatic heterocycles. The molecule has 0 amide bonds. The van der Waals surface area contributed by atoms with Crippen molar-refractivity contribution in [1.29, 1.82) is 0 Å². The lowest BCUT2D eigenvalue weighted by Gasteiger charge is -2.27. The van der Waals surface area contributed by atoms with Crippen LogP contribution >= 0.6 is 0 Å². The Labute approximate surface area is 160 Å². The lowest BCUT2D eigenvalue weighted by molar-refractivity contribution is 0.293. The van der Waals surface area contributed by atoms with Crippen molar-refractivity contribution < 1.29 is 8.78 Å². The first-order valence-electron chi connectivity index (χ1n) is 8.93. The lowest BCUT2D eigenvalue weighted by atomic mass is 10.0. The van der Waals surface area contributed by atoms with Crippen LogP contribution in [0.3, 0.4) is 0 Å². The number of fused-ring (bicyclic) bond motifs is 1. The van der Waals surface area contributed by atoms with Gasteiger partial charge >= 0.3 is 0 Å². The van der Waals surface area contributed by atoms with Crippen LogP contribution in [0.2, 0.25) is 0 Å². The summed E-state index contributed by atoms with van der Waals surface area (Å²) in [5, 5.41) is 14.5. The van der Waals surface area contributed by atoms with E-state index in [4.69, 9.17) is 0 Å². The van der Waals surface area contributed by atoms with E-state index in [1.807, 2.05) is 14.1 Å². The zero-order valence-corrected chi connectivity index (χ0v) is 15.5. The largest absolute Gasteiger partial charge is 0.369 e. The van der Waals surface area contributed by atoms with Crippen molar-refractivity contribution in [2.75, 3.05) is 32.5 Å². The summed E-state index contributed by atoms with van der Waals surface area (Å²) in [5.41, 5.74) is 1.23. The first-order chi connectivity index (χ1) is 13.4. The molecule has 3 aromatic rings. The summed E-state index contributed by atoms with van der Waals surface area (Å²) in [6.07, 6.45) is 0. The molecule has 0 spiro atoms. The minimum Gasteiger partial charge on any atom is -0.369 e. The van der Waals surface area contributed by atoms with E-state index in [1.54, 1.807) is 10.7 Å². The van der Waals surface area contributed by atoms with Gasteiger partial charge in [0.2, 0.25) is 0 Å². The molecule has 0 aliphatic carbocycles. The van der Waals surface area contributed by atoms with Gasteiger partial charge in [-0.15, -0.1) is 0 Å². The molecule has 28 heavy (non-hydrogen) atoms. The van der Waals surface area contributed by atoms with Gasteiger partial charge in [0.15, 0.2) is 0 Å². The molecule has 7 nitrogen and oxygen atoms in total. The normalized spacial score (nSPS) is 16.1. The van der Waals surface area contributed by atoms with Gasteiger partial charge < -0.3 is 10.2 Å². The molecule has 0 saturated heterocycles. The van der Waals surface area contributed by atoms with Crippen molar-refractivity contribution in [2.45, 2.75) is 6.54 Å². The van der Waals surface area contributed by atoms with E-state index in [2.05, 4.69) is 25.5 Å². The van der Waals surface area contributed by atoms with Crippen molar-refractivity contribution in [3.63, 3.8) is 0 Å². The number of nitrogens with one attached hydrogen (secondary N) is 2. The standard InChI is InChI=1S/C19H20F2N6O/c1-26(2)9-11-8-22-19-17(15-5-6-16(28)24-23-15)18(25-27(19)10-11)13-4-3-12(20)7-14(13)21/h3-7,11,22H,8-10H2,1-2H3,(H,24,28). The second kappa shape index (κ2) is 7.16. The number of benzene rings is 1. The van der Waals surface area contributed by atoms with E-state index < -0.39 is 11.6 Å². The summed E-state index contributed by atoms with van der Waals surface area (Å²) in [6, 6.07) is 6.32. The number of rotatable bonds is 4. The Kier molecular flexibility index (Phi) is 4.68. The van der Waals surface area contributed by atoms with E-state index in [1.165, 1.54) is 18.2 Å². The number of hydrogen-bond acceptors (Lipinski definition) is 5. The SMILES string of the molecule is CN(C)CC1CNc2c(-c3ccc(=O)[nH]n3)c(-c3ccc(F)cc3F)nn2C1. The third-order valence-electron chi connectivity index (χ3n) is 4.69. The fraction of sp³-hybridized carbons (Fsp3) is 0.316. The molecule has 146 valence electrons. The maximum atomic E-state index is 14.5. The van der Waals surface area contributed by atoms with Crippen LogP contribution in [0.4, 0.5) is 14.6 Å². The van der Waals surface area contributed by atoms with E-state index in [-0.39, 0.29) is 11.1 Å². The molecule has 1 atom stereocenters. The van der Waals surface area contributed by atoms with E-state index >= 15 is 0 Å². The maximum Gasteiger partial charge on any atom is 0.264 e. The number of aromatic amines is 1. The zero-order valence-electron chi connectivity index (χ0n) is 15.5. The Bertz CT molecular complexity index is 1050. The number of hydrogen-bond donors (Lipinski definition) is 2. The molecule has 4 rings (SSSR count). The Morgan fingerprint density at radius 2 is 2.07 bits per heavy atom. The molecule has 0 fully saturated rings. The predicted molar refractivity (Wildman–Crippen MR) is 102 cm³/mol. The molecule has 1 unspecified atom stereocenters. The molecule has 0 bridgehead atoms. The van der Waals surface area contributed by atoms with Gasteiger partial charge in [0.05, 0.1) is 11.3 Å². The number of nitrogens with zero attached hydrogens (tertiary/aromatic N) is 4. The van der Waals surface area contributed by atoms with Crippen molar-refractivity contribution in [3.8, 4) is 22.5 Å². The van der Waals surface area contributed by atoms with E-state index in [0.717, 1.165) is 19.2 Å². The number of halogens is 2. The number of H-pyrrole nitrogens is 1. The Morgan fingerprint density at radius 3 is 2.75 bits per heavy atom. The highest BCUT2D eigenvalue weighted by molar-refractivity contribution is 5.87. The molecular weight excluding hydrogens is 366 g/mol. The van der Waals surface area contributed by atoms with Gasteiger partial charge in [-0.25, -0.2) is 18.6 Å². The number of aromatic nitrogens is 4. The Morgan fingerprint density at radius 1 is 1.25 bits per heavy atom. The Balaban J connectivity index is 1.86. The van der Waals surface area contributed by atoms with Crippen molar-refractivity contribution in [1.82, 2.24) is 24.9 Å². The van der Waals surface area contributed by atoms with Gasteiger partial charge in [-0.2, -0.15) is 10.2 Å². The third-order valence-corrected chi connectivity index (χ3v) is 4.69. The van der Waals surface area contributed by atoms with Crippen molar-refractivity contribution in [3.05, 3.63) is 52.3 Å². The lowest BCUT2D eigenvalue weighted by Crippen LogP contribution is -2.35. The minimum absolute atomic E-state index is 0.178. The highest BCUT2D eigenvalue weighted by Gasteiger charge is 2.28. The van der Waals surface area contributed by atoms with E-state index in [0.29, 0.717) is 35.2 Å². The molecule has 2 N–H and O–H groups in total. The van der Waals surface area contributed by atoms with Crippen LogP contribution < -0.4 is 10.9 Å². The van der Waals surface area contributed by atoms with Gasteiger partial charge in [-0.05, 0) is 32.3 Å². The van der Waals surface area contributed by atoms with Gasteiger partial charge in [-0.1, -0.05) is 0 Å². The van der Waals surface area contributed by atoms with Gasteiger partial charge in [0.1, 0.15) is 23.1 Å². The minimum atomic E-state index is -0.703. The van der Waals surface area contributed by atoms with Crippen molar-refractivity contribution >= 4 is 5.82 Å². The highest BCUT2D eigenvalue weighted by atomic mass is 19.1. The van der Waals surface area contributed by atoms with Crippen molar-refractivity contribution in [2.24, 2.45) is 5.92 Å². The molecule has 9 heteroatoms. The van der Waals surface area contributed by atoms with Gasteiger partial charge in [0.25, 0.3) is 5.56 Å². The molecular formula is C19H20F2N6O. The second-order valence-corrected chi connectivity index (χ2v) is 7.19. The average molecular weight is 386 g/mol. The molecule has 1 aromatic carbocycles. The van der Waals surface area contributed by atoms with Crippen LogP contribution in [0.15, 0.2) is 35.1 Å². The van der Waals surface area contributed by atoms with Crippen LogP contribution in [-0.2, 0) is 6.54 Å². The van der Waals surface area contributed by atoms with Crippen LogP contribution in [-0.4, -0.2) is 52.1 Å². The first kappa shape index (κ1) is 18.3. The smallest absolute Gasteiger partial charge is 0.264 e. The Hall–Kier alpha value is -3.07. The first-order valence-corrected chi connectivity index (χ1v) is 8.93. The second-order valence-electron chi connectivity index (χ2n) is 7.19. The van der Waals surface area contributed by atoms with E-state index in [9.17, 15) is 13.6 Å². The molecule has 2 aromatic heterocycles. The van der Waals surface area contributed by atoms with Gasteiger partial charge in [-0.3, -0.25) is 4.79 Å². The molecule has 0 radical (unpaired) electrons. The zero-order chi connectivity index (χ0) is 19.8. The molecule has 0 saturated carbocycles. The summed E-state index contributed by atoms with van der Waals surface area (Å²) in [5.74, 6) is -0.331.